The average molecular weight is 348 g/mol. The van der Waals surface area contributed by atoms with Crippen LogP contribution in [0.4, 0.5) is 0 Å². The fraction of sp³-hybridized carbons (Fsp3) is 0.471. The Morgan fingerprint density at radius 2 is 2.22 bits per heavy atom. The van der Waals surface area contributed by atoms with Gasteiger partial charge in [0.05, 0.1) is 16.9 Å². The zero-order valence-corrected chi connectivity index (χ0v) is 15.3. The molecule has 2 heterocycles. The van der Waals surface area contributed by atoms with E-state index in [1.54, 1.807) is 16.2 Å². The van der Waals surface area contributed by atoms with E-state index in [4.69, 9.17) is 0 Å². The van der Waals surface area contributed by atoms with E-state index in [2.05, 4.69) is 23.2 Å². The molecule has 0 saturated carbocycles. The Kier molecular flexibility index (Phi) is 6.43. The largest absolute Gasteiger partial charge is 0.343 e. The second kappa shape index (κ2) is 8.32. The first-order chi connectivity index (χ1) is 11.1. The molecule has 4 nitrogen and oxygen atoms in total. The summed E-state index contributed by atoms with van der Waals surface area (Å²) in [6.07, 6.45) is 2.05. The van der Waals surface area contributed by atoms with Gasteiger partial charge in [-0.1, -0.05) is 23.9 Å². The van der Waals surface area contributed by atoms with Gasteiger partial charge in [-0.25, -0.2) is 0 Å². The molecule has 0 bridgehead atoms. The minimum Gasteiger partial charge on any atom is -0.343 e. The van der Waals surface area contributed by atoms with Crippen LogP contribution in [0.1, 0.15) is 31.6 Å². The summed E-state index contributed by atoms with van der Waals surface area (Å²) in [6, 6.07) is 6.43. The fourth-order valence-electron chi connectivity index (χ4n) is 2.58. The Morgan fingerprint density at radius 3 is 2.78 bits per heavy atom. The normalized spacial score (nSPS) is 20.4. The number of thioether (sulfide) groups is 1. The summed E-state index contributed by atoms with van der Waals surface area (Å²) < 4.78 is 0. The van der Waals surface area contributed by atoms with E-state index in [1.807, 2.05) is 32.2 Å². The molecule has 0 N–H and O–H groups in total. The van der Waals surface area contributed by atoms with Crippen LogP contribution in [-0.4, -0.2) is 34.7 Å². The minimum absolute atomic E-state index is 0.0311. The van der Waals surface area contributed by atoms with Crippen LogP contribution in [0, 0.1) is 17.2 Å². The number of aliphatic imine (C=N–C) groups is 1. The lowest BCUT2D eigenvalue weighted by atomic mass is 9.90. The van der Waals surface area contributed by atoms with Crippen LogP contribution < -0.4 is 0 Å². The topological polar surface area (TPSA) is 56.5 Å². The van der Waals surface area contributed by atoms with Gasteiger partial charge in [-0.05, 0) is 32.2 Å². The average Bonchev–Trinajstić information content (AvgIpc) is 3.07. The molecular formula is C17H21N3OS2. The molecule has 0 aromatic carbocycles. The van der Waals surface area contributed by atoms with Gasteiger partial charge in [0.2, 0.25) is 5.91 Å². The maximum Gasteiger partial charge on any atom is 0.232 e. The fourth-order valence-corrected chi connectivity index (χ4v) is 4.45. The Bertz CT molecular complexity index is 639. The van der Waals surface area contributed by atoms with E-state index in [1.165, 1.54) is 16.6 Å². The second-order valence-corrected chi connectivity index (χ2v) is 7.24. The second-order valence-electron chi connectivity index (χ2n) is 5.26. The van der Waals surface area contributed by atoms with E-state index in [0.717, 1.165) is 10.7 Å². The zero-order valence-electron chi connectivity index (χ0n) is 13.7. The van der Waals surface area contributed by atoms with Crippen molar-refractivity contribution in [2.45, 2.75) is 26.7 Å². The molecule has 0 saturated heterocycles. The van der Waals surface area contributed by atoms with Crippen molar-refractivity contribution in [2.75, 3.05) is 18.8 Å². The predicted octanol–water partition coefficient (Wildman–Crippen LogP) is 3.89. The molecule has 1 aromatic rings. The molecule has 0 aliphatic carbocycles. The molecule has 23 heavy (non-hydrogen) atoms. The highest BCUT2D eigenvalue weighted by molar-refractivity contribution is 8.14. The van der Waals surface area contributed by atoms with Gasteiger partial charge in [0.15, 0.2) is 0 Å². The van der Waals surface area contributed by atoms with Gasteiger partial charge in [-0.2, -0.15) is 5.26 Å². The van der Waals surface area contributed by atoms with Gasteiger partial charge in [0.25, 0.3) is 0 Å². The first-order valence-corrected chi connectivity index (χ1v) is 9.57. The summed E-state index contributed by atoms with van der Waals surface area (Å²) in [4.78, 5) is 19.7. The van der Waals surface area contributed by atoms with Crippen molar-refractivity contribution in [3.63, 3.8) is 0 Å². The predicted molar refractivity (Wildman–Crippen MR) is 97.7 cm³/mol. The molecule has 0 radical (unpaired) electrons. The number of hydrogen-bond acceptors (Lipinski definition) is 5. The summed E-state index contributed by atoms with van der Waals surface area (Å²) >= 11 is 3.06. The highest BCUT2D eigenvalue weighted by Crippen LogP contribution is 2.37. The molecule has 122 valence electrons. The first kappa shape index (κ1) is 17.8. The van der Waals surface area contributed by atoms with E-state index in [0.29, 0.717) is 18.8 Å². The van der Waals surface area contributed by atoms with E-state index in [-0.39, 0.29) is 17.7 Å². The Hall–Kier alpha value is -1.58. The lowest BCUT2D eigenvalue weighted by Gasteiger charge is -2.24. The molecule has 0 fully saturated rings. The van der Waals surface area contributed by atoms with Crippen LogP contribution in [0.25, 0.3) is 0 Å². The number of thiophene rings is 1. The number of carbonyl (C=O) groups is 1. The highest BCUT2D eigenvalue weighted by Gasteiger charge is 2.31. The smallest absolute Gasteiger partial charge is 0.232 e. The van der Waals surface area contributed by atoms with Crippen molar-refractivity contribution < 1.29 is 4.79 Å². The van der Waals surface area contributed by atoms with Crippen LogP contribution in [0.15, 0.2) is 34.3 Å². The highest BCUT2D eigenvalue weighted by atomic mass is 32.2. The monoisotopic (exact) mass is 347 g/mol. The number of carbonyl (C=O) groups excluding carboxylic acids is 1. The molecule has 2 rings (SSSR count). The van der Waals surface area contributed by atoms with Crippen molar-refractivity contribution in [1.29, 1.82) is 5.26 Å². The van der Waals surface area contributed by atoms with Crippen molar-refractivity contribution >= 4 is 34.0 Å². The maximum atomic E-state index is 12.2. The minimum atomic E-state index is -0.313. The van der Waals surface area contributed by atoms with Gasteiger partial charge >= 0.3 is 0 Å². The summed E-state index contributed by atoms with van der Waals surface area (Å²) in [7, 11) is 0. The van der Waals surface area contributed by atoms with E-state index < -0.39 is 0 Å². The van der Waals surface area contributed by atoms with Gasteiger partial charge in [-0.15, -0.1) is 11.3 Å². The Labute approximate surface area is 145 Å². The molecule has 1 aromatic heterocycles. The van der Waals surface area contributed by atoms with Crippen LogP contribution >= 0.6 is 23.1 Å². The summed E-state index contributed by atoms with van der Waals surface area (Å²) in [5, 5.41) is 12.4. The number of amides is 1. The van der Waals surface area contributed by atoms with E-state index in [9.17, 15) is 10.1 Å². The number of allylic oxidation sites excluding steroid dienone is 2. The zero-order chi connectivity index (χ0) is 16.8. The first-order valence-electron chi connectivity index (χ1n) is 7.71. The molecule has 1 unspecified atom stereocenters. The van der Waals surface area contributed by atoms with Gasteiger partial charge in [0, 0.05) is 29.6 Å². The standard InChI is InChI=1S/C17H21N3OS2/c1-4-20(5-2)16(21)11-23-17-14(10-18)13(9-12(3)19-17)15-7-6-8-22-15/h6-9,13-14H,4-5,11H2,1-3H3/t13-,14?/m1/s1. The third kappa shape index (κ3) is 4.24. The van der Waals surface area contributed by atoms with Crippen LogP contribution in [0.5, 0.6) is 0 Å². The molecule has 0 spiro atoms. The van der Waals surface area contributed by atoms with Crippen molar-refractivity contribution in [3.05, 3.63) is 34.2 Å². The summed E-state index contributed by atoms with van der Waals surface area (Å²) in [5.41, 5.74) is 0.910. The number of nitriles is 1. The van der Waals surface area contributed by atoms with Gasteiger partial charge in [0.1, 0.15) is 5.92 Å². The van der Waals surface area contributed by atoms with Gasteiger partial charge < -0.3 is 4.90 Å². The number of hydrogen-bond donors (Lipinski definition) is 0. The van der Waals surface area contributed by atoms with Crippen LogP contribution in [0.2, 0.25) is 0 Å². The molecule has 1 amide bonds. The molecular weight excluding hydrogens is 326 g/mol. The molecule has 1 aliphatic heterocycles. The van der Waals surface area contributed by atoms with E-state index >= 15 is 0 Å². The Balaban J connectivity index is 2.13. The maximum absolute atomic E-state index is 12.2. The summed E-state index contributed by atoms with van der Waals surface area (Å²) in [6.45, 7) is 7.31. The van der Waals surface area contributed by atoms with Crippen molar-refractivity contribution in [3.8, 4) is 6.07 Å². The molecule has 2 atom stereocenters. The van der Waals surface area contributed by atoms with Gasteiger partial charge in [-0.3, -0.25) is 9.79 Å². The van der Waals surface area contributed by atoms with Crippen LogP contribution in [-0.2, 0) is 4.79 Å². The third-order valence-electron chi connectivity index (χ3n) is 3.80. The summed E-state index contributed by atoms with van der Waals surface area (Å²) in [5.74, 6) is 0.151. The quantitative estimate of drug-likeness (QED) is 0.812. The SMILES string of the molecule is CCN(CC)C(=O)CSC1=NC(C)=C[C@@H](c2cccs2)C1C#N. The van der Waals surface area contributed by atoms with Crippen molar-refractivity contribution in [1.82, 2.24) is 4.90 Å². The number of rotatable bonds is 5. The lowest BCUT2D eigenvalue weighted by Crippen LogP contribution is -2.33. The van der Waals surface area contributed by atoms with Crippen LogP contribution in [0.3, 0.4) is 0 Å². The Morgan fingerprint density at radius 1 is 1.48 bits per heavy atom. The van der Waals surface area contributed by atoms with Crippen molar-refractivity contribution in [2.24, 2.45) is 10.9 Å². The lowest BCUT2D eigenvalue weighted by molar-refractivity contribution is -0.127. The number of nitrogens with zero attached hydrogens (tertiary/aromatic N) is 3. The molecule has 1 aliphatic rings. The third-order valence-corrected chi connectivity index (χ3v) is 5.81. The molecule has 6 heteroatoms.